The smallest absolute Gasteiger partial charge is 0.407 e. The lowest BCUT2D eigenvalue weighted by Gasteiger charge is -2.19. The maximum absolute atomic E-state index is 13.4. The SMILES string of the molecule is CC(C)(C)OC(=O)NCCCNc1ccc(N)cc1F. The van der Waals surface area contributed by atoms with Gasteiger partial charge in [0.15, 0.2) is 0 Å². The second-order valence-corrected chi connectivity index (χ2v) is 5.45. The summed E-state index contributed by atoms with van der Waals surface area (Å²) >= 11 is 0. The minimum absolute atomic E-state index is 0.384. The minimum atomic E-state index is -0.505. The van der Waals surface area contributed by atoms with Gasteiger partial charge in [-0.05, 0) is 45.4 Å². The van der Waals surface area contributed by atoms with Crippen LogP contribution in [0.1, 0.15) is 27.2 Å². The number of halogens is 1. The average molecular weight is 283 g/mol. The van der Waals surface area contributed by atoms with Crippen LogP contribution in [0.5, 0.6) is 0 Å². The number of nitrogen functional groups attached to an aromatic ring is 1. The molecule has 20 heavy (non-hydrogen) atoms. The number of nitrogens with one attached hydrogen (secondary N) is 2. The molecule has 0 saturated carbocycles. The molecule has 0 fully saturated rings. The van der Waals surface area contributed by atoms with E-state index >= 15 is 0 Å². The molecule has 1 rings (SSSR count). The van der Waals surface area contributed by atoms with E-state index in [0.29, 0.717) is 30.9 Å². The number of rotatable bonds is 5. The number of carbonyl (C=O) groups is 1. The van der Waals surface area contributed by atoms with Gasteiger partial charge >= 0.3 is 6.09 Å². The lowest BCUT2D eigenvalue weighted by Crippen LogP contribution is -2.33. The van der Waals surface area contributed by atoms with Crippen LogP contribution in [-0.2, 0) is 4.74 Å². The molecular weight excluding hydrogens is 261 g/mol. The van der Waals surface area contributed by atoms with Gasteiger partial charge in [0.1, 0.15) is 11.4 Å². The Bertz CT molecular complexity index is 458. The second kappa shape index (κ2) is 6.98. The third kappa shape index (κ3) is 6.26. The lowest BCUT2D eigenvalue weighted by atomic mass is 10.2. The molecule has 0 aliphatic heterocycles. The van der Waals surface area contributed by atoms with E-state index < -0.39 is 11.7 Å². The minimum Gasteiger partial charge on any atom is -0.444 e. The summed E-state index contributed by atoms with van der Waals surface area (Å²) in [5.41, 5.74) is 5.74. The summed E-state index contributed by atoms with van der Waals surface area (Å²) in [5.74, 6) is -0.384. The molecule has 5 nitrogen and oxygen atoms in total. The van der Waals surface area contributed by atoms with Crippen LogP contribution >= 0.6 is 0 Å². The molecular formula is C14H22FN3O2. The zero-order valence-corrected chi connectivity index (χ0v) is 12.1. The van der Waals surface area contributed by atoms with E-state index in [1.54, 1.807) is 32.9 Å². The molecule has 0 saturated heterocycles. The Labute approximate surface area is 118 Å². The number of anilines is 2. The fraction of sp³-hybridized carbons (Fsp3) is 0.500. The van der Waals surface area contributed by atoms with Crippen molar-refractivity contribution in [3.05, 3.63) is 24.0 Å². The van der Waals surface area contributed by atoms with Crippen molar-refractivity contribution in [1.29, 1.82) is 0 Å². The van der Waals surface area contributed by atoms with Gasteiger partial charge in [-0.1, -0.05) is 0 Å². The topological polar surface area (TPSA) is 76.4 Å². The van der Waals surface area contributed by atoms with Crippen molar-refractivity contribution in [1.82, 2.24) is 5.32 Å². The summed E-state index contributed by atoms with van der Waals surface area (Å²) in [4.78, 5) is 11.4. The Kier molecular flexibility index (Phi) is 5.61. The van der Waals surface area contributed by atoms with E-state index in [4.69, 9.17) is 10.5 Å². The summed E-state index contributed by atoms with van der Waals surface area (Å²) in [5, 5.41) is 5.57. The number of benzene rings is 1. The van der Waals surface area contributed by atoms with Gasteiger partial charge in [0.2, 0.25) is 0 Å². The molecule has 0 spiro atoms. The van der Waals surface area contributed by atoms with Crippen LogP contribution in [0, 0.1) is 5.82 Å². The quantitative estimate of drug-likeness (QED) is 0.573. The molecule has 0 bridgehead atoms. The zero-order chi connectivity index (χ0) is 15.2. The Morgan fingerprint density at radius 3 is 2.65 bits per heavy atom. The van der Waals surface area contributed by atoms with Crippen LogP contribution in [-0.4, -0.2) is 24.8 Å². The normalized spacial score (nSPS) is 11.0. The number of amides is 1. The van der Waals surface area contributed by atoms with E-state index in [2.05, 4.69) is 10.6 Å². The van der Waals surface area contributed by atoms with Crippen LogP contribution in [0.4, 0.5) is 20.6 Å². The molecule has 112 valence electrons. The maximum Gasteiger partial charge on any atom is 0.407 e. The molecule has 0 unspecified atom stereocenters. The zero-order valence-electron chi connectivity index (χ0n) is 12.1. The van der Waals surface area contributed by atoms with Crippen molar-refractivity contribution in [3.63, 3.8) is 0 Å². The highest BCUT2D eigenvalue weighted by molar-refractivity contribution is 5.67. The fourth-order valence-electron chi connectivity index (χ4n) is 1.49. The van der Waals surface area contributed by atoms with Gasteiger partial charge in [0.25, 0.3) is 0 Å². The van der Waals surface area contributed by atoms with E-state index in [9.17, 15) is 9.18 Å². The Morgan fingerprint density at radius 2 is 2.05 bits per heavy atom. The first-order valence-electron chi connectivity index (χ1n) is 6.54. The second-order valence-electron chi connectivity index (χ2n) is 5.45. The van der Waals surface area contributed by atoms with Crippen molar-refractivity contribution in [2.24, 2.45) is 0 Å². The van der Waals surface area contributed by atoms with Gasteiger partial charge in [0, 0.05) is 18.8 Å². The summed E-state index contributed by atoms with van der Waals surface area (Å²) in [6.07, 6.45) is 0.208. The largest absolute Gasteiger partial charge is 0.444 e. The fourth-order valence-corrected chi connectivity index (χ4v) is 1.49. The molecule has 4 N–H and O–H groups in total. The number of nitrogens with two attached hydrogens (primary N) is 1. The first-order chi connectivity index (χ1) is 9.28. The molecule has 0 aromatic heterocycles. The Hall–Kier alpha value is -1.98. The first kappa shape index (κ1) is 16.1. The summed E-state index contributed by atoms with van der Waals surface area (Å²) < 4.78 is 18.5. The monoisotopic (exact) mass is 283 g/mol. The summed E-state index contributed by atoms with van der Waals surface area (Å²) in [7, 11) is 0. The molecule has 0 aliphatic rings. The van der Waals surface area contributed by atoms with Gasteiger partial charge in [-0.2, -0.15) is 0 Å². The third-order valence-corrected chi connectivity index (χ3v) is 2.33. The van der Waals surface area contributed by atoms with Crippen molar-refractivity contribution in [2.45, 2.75) is 32.8 Å². The molecule has 0 radical (unpaired) electrons. The molecule has 1 amide bonds. The van der Waals surface area contributed by atoms with Crippen LogP contribution in [0.25, 0.3) is 0 Å². The number of carbonyl (C=O) groups excluding carboxylic acids is 1. The van der Waals surface area contributed by atoms with Crippen LogP contribution in [0.2, 0.25) is 0 Å². The van der Waals surface area contributed by atoms with E-state index in [0.717, 1.165) is 0 Å². The van der Waals surface area contributed by atoms with E-state index in [-0.39, 0.29) is 5.82 Å². The number of ether oxygens (including phenoxy) is 1. The van der Waals surface area contributed by atoms with Crippen molar-refractivity contribution in [3.8, 4) is 0 Å². The molecule has 1 aromatic rings. The average Bonchev–Trinajstić information content (AvgIpc) is 2.28. The Balaban J connectivity index is 2.21. The van der Waals surface area contributed by atoms with Gasteiger partial charge in [0.05, 0.1) is 5.69 Å². The first-order valence-corrected chi connectivity index (χ1v) is 6.54. The third-order valence-electron chi connectivity index (χ3n) is 2.33. The lowest BCUT2D eigenvalue weighted by molar-refractivity contribution is 0.0528. The highest BCUT2D eigenvalue weighted by Crippen LogP contribution is 2.16. The van der Waals surface area contributed by atoms with E-state index in [1.165, 1.54) is 6.07 Å². The van der Waals surface area contributed by atoms with Gasteiger partial charge in [-0.25, -0.2) is 9.18 Å². The predicted molar refractivity (Wildman–Crippen MR) is 78.2 cm³/mol. The molecule has 0 aliphatic carbocycles. The Morgan fingerprint density at radius 1 is 1.35 bits per heavy atom. The number of hydrogen-bond donors (Lipinski definition) is 3. The van der Waals surface area contributed by atoms with Crippen molar-refractivity contribution >= 4 is 17.5 Å². The van der Waals surface area contributed by atoms with Crippen molar-refractivity contribution in [2.75, 3.05) is 24.1 Å². The molecule has 6 heteroatoms. The highest BCUT2D eigenvalue weighted by Gasteiger charge is 2.15. The van der Waals surface area contributed by atoms with Crippen LogP contribution in [0.3, 0.4) is 0 Å². The summed E-state index contributed by atoms with van der Waals surface area (Å²) in [6.45, 7) is 6.41. The van der Waals surface area contributed by atoms with Crippen LogP contribution in [0.15, 0.2) is 18.2 Å². The van der Waals surface area contributed by atoms with E-state index in [1.807, 2.05) is 0 Å². The van der Waals surface area contributed by atoms with Crippen molar-refractivity contribution < 1.29 is 13.9 Å². The van der Waals surface area contributed by atoms with Gasteiger partial charge in [-0.15, -0.1) is 0 Å². The summed E-state index contributed by atoms with van der Waals surface area (Å²) in [6, 6.07) is 4.48. The number of alkyl carbamates (subject to hydrolysis) is 1. The molecule has 0 atom stereocenters. The maximum atomic E-state index is 13.4. The van der Waals surface area contributed by atoms with Gasteiger partial charge in [-0.3, -0.25) is 0 Å². The molecule has 0 heterocycles. The highest BCUT2D eigenvalue weighted by atomic mass is 19.1. The predicted octanol–water partition coefficient (Wildman–Crippen LogP) is 2.73. The number of hydrogen-bond acceptors (Lipinski definition) is 4. The van der Waals surface area contributed by atoms with Gasteiger partial charge < -0.3 is 21.1 Å². The molecule has 1 aromatic carbocycles. The van der Waals surface area contributed by atoms with Crippen LogP contribution < -0.4 is 16.4 Å². The standard InChI is InChI=1S/C14H22FN3O2/c1-14(2,3)20-13(19)18-8-4-7-17-12-6-5-10(16)9-11(12)15/h5-6,9,17H,4,7-8,16H2,1-3H3,(H,18,19).